The second-order valence-electron chi connectivity index (χ2n) is 17.5. The van der Waals surface area contributed by atoms with E-state index in [0.717, 1.165) is 12.8 Å². The molecule has 1 aliphatic rings. The molecular weight excluding hydrogens is 794 g/mol. The van der Waals surface area contributed by atoms with E-state index in [2.05, 4.69) is 55.4 Å². The third kappa shape index (κ3) is 23.9. The number of hydrogen-bond acceptors (Lipinski definition) is 6. The van der Waals surface area contributed by atoms with Crippen molar-refractivity contribution in [2.75, 3.05) is 79.2 Å². The van der Waals surface area contributed by atoms with Crippen LogP contribution < -0.4 is 22.3 Å². The van der Waals surface area contributed by atoms with Crippen LogP contribution in [0.1, 0.15) is 189 Å². The van der Waals surface area contributed by atoms with Crippen molar-refractivity contribution in [2.24, 2.45) is 0 Å². The fraction of sp³-hybridized carbons (Fsp3) is 0.857. The summed E-state index contributed by atoms with van der Waals surface area (Å²) in [6.07, 6.45) is 24.4. The number of methoxy groups -OCH3 is 1. The van der Waals surface area contributed by atoms with E-state index in [9.17, 15) is 18.3 Å². The number of carbonyl (C=O) groups excluding carboxylic acids is 1. The average Bonchev–Trinajstić information content (AvgIpc) is 3.22. The van der Waals surface area contributed by atoms with Gasteiger partial charge in [0.25, 0.3) is 0 Å². The van der Waals surface area contributed by atoms with Crippen LogP contribution in [0.5, 0.6) is 5.75 Å². The van der Waals surface area contributed by atoms with Crippen LogP contribution in [0.3, 0.4) is 0 Å². The van der Waals surface area contributed by atoms with Gasteiger partial charge in [-0.1, -0.05) is 113 Å². The molecule has 0 amide bonds. The Morgan fingerprint density at radius 2 is 0.983 bits per heavy atom. The average molecular weight is 891 g/mol. The van der Waals surface area contributed by atoms with Crippen molar-refractivity contribution in [1.82, 2.24) is 4.31 Å². The smallest absolute Gasteiger partial charge is 0.243 e. The van der Waals surface area contributed by atoms with Crippen LogP contribution in [0.25, 0.3) is 0 Å². The number of piperidine rings is 1. The number of aryl methyl sites for hydroxylation is 2. The molecule has 2 rings (SSSR count). The van der Waals surface area contributed by atoms with Gasteiger partial charge in [0.2, 0.25) is 10.0 Å². The number of rotatable bonds is 31. The quantitative estimate of drug-likeness (QED) is 0.0713. The first-order chi connectivity index (χ1) is 28.3. The molecule has 0 aliphatic carbocycles. The molecule has 1 atom stereocenters. The first-order valence-electron chi connectivity index (χ1n) is 24.4. The van der Waals surface area contributed by atoms with Crippen LogP contribution in [0.15, 0.2) is 17.0 Å². The van der Waals surface area contributed by atoms with Gasteiger partial charge in [0.1, 0.15) is 5.75 Å². The minimum atomic E-state index is -3.71. The highest BCUT2D eigenvalue weighted by Gasteiger charge is 2.35. The lowest BCUT2D eigenvalue weighted by Crippen LogP contribution is -3.00. The number of unbranched alkanes of at least 4 members (excludes halogenated alkanes) is 8. The van der Waals surface area contributed by atoms with Crippen molar-refractivity contribution < 1.29 is 49.2 Å². The van der Waals surface area contributed by atoms with Crippen molar-refractivity contribution in [1.29, 1.82) is 0 Å². The van der Waals surface area contributed by atoms with Gasteiger partial charge in [-0.2, -0.15) is 4.31 Å². The van der Waals surface area contributed by atoms with Crippen LogP contribution in [0.4, 0.5) is 0 Å². The van der Waals surface area contributed by atoms with Gasteiger partial charge in [-0.25, -0.2) is 8.42 Å². The summed E-state index contributed by atoms with van der Waals surface area (Å²) in [5.74, 6) is -0.700. The molecule has 0 saturated carbocycles. The summed E-state index contributed by atoms with van der Waals surface area (Å²) in [5.41, 5.74) is 1.24. The number of benzene rings is 1. The van der Waals surface area contributed by atoms with Gasteiger partial charge in [0.15, 0.2) is 0 Å². The Kier molecular flexibility index (Phi) is 36.4. The number of carboxylic acids is 1. The largest absolute Gasteiger partial charge is 1.00 e. The van der Waals surface area contributed by atoms with Crippen LogP contribution >= 0.6 is 0 Å². The topological polar surface area (TPSA) is 96.0 Å². The van der Waals surface area contributed by atoms with E-state index in [0.29, 0.717) is 29.8 Å². The van der Waals surface area contributed by atoms with Gasteiger partial charge in [-0.05, 0) is 101 Å². The molecule has 1 unspecified atom stereocenters. The molecule has 0 bridgehead atoms. The number of ether oxygens (including phenoxy) is 2. The Morgan fingerprint density at radius 1 is 0.650 bits per heavy atom. The van der Waals surface area contributed by atoms with Gasteiger partial charge >= 0.3 is 0 Å². The molecule has 60 heavy (non-hydrogen) atoms. The first kappa shape index (κ1) is 60.7. The Labute approximate surface area is 378 Å². The molecule has 1 aliphatic heterocycles. The summed E-state index contributed by atoms with van der Waals surface area (Å²) in [4.78, 5) is 10.8. The number of aliphatic carboxylic acids is 1. The number of quaternary nitrogens is 2. The fourth-order valence-electron chi connectivity index (χ4n) is 8.58. The first-order valence-corrected chi connectivity index (χ1v) is 25.8. The number of halogens is 1. The van der Waals surface area contributed by atoms with Crippen molar-refractivity contribution in [2.45, 2.75) is 202 Å². The van der Waals surface area contributed by atoms with Gasteiger partial charge in [0.05, 0.1) is 83.5 Å². The zero-order valence-corrected chi connectivity index (χ0v) is 42.6. The number of carboxylic acid groups (broad SMARTS) is 1. The van der Waals surface area contributed by atoms with E-state index in [1.807, 2.05) is 0 Å². The summed E-state index contributed by atoms with van der Waals surface area (Å²) in [5, 5.41) is 10.5. The third-order valence-corrected chi connectivity index (χ3v) is 14.5. The van der Waals surface area contributed by atoms with Crippen molar-refractivity contribution in [3.8, 4) is 5.75 Å². The maximum atomic E-state index is 13.2. The summed E-state index contributed by atoms with van der Waals surface area (Å²) >= 11 is 0. The lowest BCUT2D eigenvalue weighted by molar-refractivity contribution is -0.929. The van der Waals surface area contributed by atoms with Crippen LogP contribution in [0.2, 0.25) is 0 Å². The fourth-order valence-corrected chi connectivity index (χ4v) is 10.7. The summed E-state index contributed by atoms with van der Waals surface area (Å²) < 4.78 is 41.1. The Bertz CT molecular complexity index is 1180. The number of carbonyl (C=O) groups is 1. The maximum absolute atomic E-state index is 13.2. The zero-order chi connectivity index (χ0) is 44.6. The van der Waals surface area contributed by atoms with E-state index < -0.39 is 22.6 Å². The van der Waals surface area contributed by atoms with Crippen molar-refractivity contribution in [3.05, 3.63) is 23.3 Å². The van der Waals surface area contributed by atoms with Crippen LogP contribution in [-0.4, -0.2) is 113 Å². The minimum absolute atomic E-state index is 0. The second kappa shape index (κ2) is 36.0. The Morgan fingerprint density at radius 3 is 1.27 bits per heavy atom. The molecular formula is C49H96ClN3O6S. The summed E-state index contributed by atoms with van der Waals surface area (Å²) in [7, 11) is -2.17. The number of hydrogen-bond donors (Lipinski definition) is 0. The predicted octanol–water partition coefficient (Wildman–Crippen LogP) is 7.63. The van der Waals surface area contributed by atoms with Crippen LogP contribution in [0, 0.1) is 13.8 Å². The molecule has 0 spiro atoms. The van der Waals surface area contributed by atoms with Crippen molar-refractivity contribution >= 4 is 16.0 Å². The molecule has 9 nitrogen and oxygen atoms in total. The predicted molar refractivity (Wildman–Crippen MR) is 249 cm³/mol. The SMILES string of the molecule is CCCC[N+](CCCC)(CCCC)CCCC.CCCC[N+](CCCC)(CCCC)CCCC.COc1cc(C)c(S(=O)(=O)N2CCCCC2COCC(=O)[O-])c(C)c1.[Cl-]. The van der Waals surface area contributed by atoms with Crippen LogP contribution in [-0.2, 0) is 19.6 Å². The van der Waals surface area contributed by atoms with Crippen molar-refractivity contribution in [3.63, 3.8) is 0 Å². The molecule has 1 fully saturated rings. The van der Waals surface area contributed by atoms with Gasteiger partial charge in [-0.3, -0.25) is 0 Å². The van der Waals surface area contributed by atoms with Gasteiger partial charge in [0, 0.05) is 12.6 Å². The van der Waals surface area contributed by atoms with Gasteiger partial charge < -0.3 is 40.7 Å². The molecule has 0 radical (unpaired) electrons. The normalized spacial score (nSPS) is 14.7. The molecule has 1 saturated heterocycles. The standard InChI is InChI=1S/C17H25NO6S.2C16H36N.ClH/c1-12-8-15(23-3)9-13(2)17(12)25(21,22)18-7-5-4-6-14(18)10-24-11-16(19)20;2*1-5-9-13-17(14-10-6-2,15-11-7-3)16-12-8-4;/h8-9,14H,4-7,10-11H2,1-3H3,(H,19,20);2*5-16H2,1-4H3;1H/q;2*+1;/p-2. The Hall–Kier alpha value is -1.43. The molecule has 356 valence electrons. The van der Waals surface area contributed by atoms with E-state index in [-0.39, 0.29) is 30.0 Å². The second-order valence-corrected chi connectivity index (χ2v) is 19.4. The minimum Gasteiger partial charge on any atom is -1.00 e. The van der Waals surface area contributed by atoms with E-state index in [1.165, 1.54) is 175 Å². The molecule has 1 heterocycles. The van der Waals surface area contributed by atoms with Gasteiger partial charge in [-0.15, -0.1) is 0 Å². The lowest BCUT2D eigenvalue weighted by atomic mass is 10.1. The van der Waals surface area contributed by atoms with E-state index in [1.54, 1.807) is 26.0 Å². The highest BCUT2D eigenvalue weighted by atomic mass is 35.5. The van der Waals surface area contributed by atoms with E-state index in [4.69, 9.17) is 9.47 Å². The molecule has 11 heteroatoms. The maximum Gasteiger partial charge on any atom is 0.243 e. The van der Waals surface area contributed by atoms with E-state index >= 15 is 0 Å². The molecule has 0 aromatic heterocycles. The monoisotopic (exact) mass is 890 g/mol. The summed E-state index contributed by atoms with van der Waals surface area (Å²) in [6.45, 7) is 33.4. The third-order valence-electron chi connectivity index (χ3n) is 12.2. The highest BCUT2D eigenvalue weighted by Crippen LogP contribution is 2.32. The molecule has 1 aromatic carbocycles. The lowest BCUT2D eigenvalue weighted by Gasteiger charge is -2.39. The Balaban J connectivity index is 0. The molecule has 0 N–H and O–H groups in total. The number of sulfonamides is 1. The summed E-state index contributed by atoms with van der Waals surface area (Å²) in [6, 6.07) is 3.02. The molecule has 1 aromatic rings. The zero-order valence-electron chi connectivity index (χ0n) is 41.0. The highest BCUT2D eigenvalue weighted by molar-refractivity contribution is 7.89. The number of nitrogens with zero attached hydrogens (tertiary/aromatic N) is 3.